The minimum atomic E-state index is -1.21. The van der Waals surface area contributed by atoms with Crippen LogP contribution in [-0.4, -0.2) is 58.1 Å². The number of methoxy groups -OCH3 is 1. The first-order chi connectivity index (χ1) is 13.2. The lowest BCUT2D eigenvalue weighted by Crippen LogP contribution is -2.50. The summed E-state index contributed by atoms with van der Waals surface area (Å²) in [5.74, 6) is 0.609. The molecule has 0 aliphatic carbocycles. The molecule has 1 atom stereocenters. The highest BCUT2D eigenvalue weighted by Crippen LogP contribution is 2.34. The summed E-state index contributed by atoms with van der Waals surface area (Å²) >= 11 is 0. The van der Waals surface area contributed by atoms with E-state index in [9.17, 15) is 9.90 Å². The Morgan fingerprint density at radius 1 is 1.32 bits per heavy atom. The third-order valence-corrected chi connectivity index (χ3v) is 4.92. The van der Waals surface area contributed by atoms with E-state index >= 15 is 0 Å². The van der Waals surface area contributed by atoms with Gasteiger partial charge in [0, 0.05) is 26.8 Å². The smallest absolute Gasteiger partial charge is 0.410 e. The van der Waals surface area contributed by atoms with Gasteiger partial charge in [0.2, 0.25) is 0 Å². The van der Waals surface area contributed by atoms with Crippen LogP contribution in [0.1, 0.15) is 45.9 Å². The number of para-hydroxylation sites is 2. The second kappa shape index (κ2) is 8.09. The third-order valence-electron chi connectivity index (χ3n) is 4.92. The Bertz CT molecular complexity index is 827. The Kier molecular flexibility index (Phi) is 5.95. The molecule has 1 saturated heterocycles. The summed E-state index contributed by atoms with van der Waals surface area (Å²) in [4.78, 5) is 18.9. The van der Waals surface area contributed by atoms with Crippen LogP contribution in [0.25, 0.3) is 11.0 Å². The molecule has 7 nitrogen and oxygen atoms in total. The van der Waals surface area contributed by atoms with E-state index in [1.165, 1.54) is 0 Å². The summed E-state index contributed by atoms with van der Waals surface area (Å²) in [5, 5.41) is 11.5. The van der Waals surface area contributed by atoms with E-state index in [1.54, 1.807) is 12.0 Å². The summed E-state index contributed by atoms with van der Waals surface area (Å²) in [7, 11) is 1.68. The van der Waals surface area contributed by atoms with Crippen LogP contribution in [0, 0.1) is 0 Å². The summed E-state index contributed by atoms with van der Waals surface area (Å²) in [6.45, 7) is 7.60. The van der Waals surface area contributed by atoms with Crippen LogP contribution in [0.3, 0.4) is 0 Å². The van der Waals surface area contributed by atoms with Gasteiger partial charge in [-0.25, -0.2) is 9.78 Å². The number of carbonyl (C=O) groups is 1. The first-order valence-electron chi connectivity index (χ1n) is 9.88. The minimum Gasteiger partial charge on any atom is -0.444 e. The number of likely N-dealkylation sites (tertiary alicyclic amines) is 1. The topological polar surface area (TPSA) is 76.8 Å². The molecule has 1 unspecified atom stereocenters. The van der Waals surface area contributed by atoms with Crippen molar-refractivity contribution in [1.29, 1.82) is 0 Å². The van der Waals surface area contributed by atoms with Crippen LogP contribution < -0.4 is 0 Å². The molecule has 7 heteroatoms. The summed E-state index contributed by atoms with van der Waals surface area (Å²) in [5.41, 5.74) is 0.0513. The number of ether oxygens (including phenoxy) is 2. The number of hydrogen-bond donors (Lipinski definition) is 1. The molecule has 1 amide bonds. The number of aromatic nitrogens is 2. The highest BCUT2D eigenvalue weighted by Gasteiger charge is 2.41. The summed E-state index contributed by atoms with van der Waals surface area (Å²) in [6.07, 6.45) is 1.67. The highest BCUT2D eigenvalue weighted by molar-refractivity contribution is 5.76. The van der Waals surface area contributed by atoms with Crippen molar-refractivity contribution >= 4 is 17.1 Å². The number of piperidine rings is 1. The van der Waals surface area contributed by atoms with Gasteiger partial charge >= 0.3 is 6.09 Å². The fourth-order valence-corrected chi connectivity index (χ4v) is 3.73. The second-order valence-electron chi connectivity index (χ2n) is 8.46. The first kappa shape index (κ1) is 20.6. The van der Waals surface area contributed by atoms with Crippen LogP contribution in [0.5, 0.6) is 0 Å². The standard InChI is InChI=1S/C21H31N3O4/c1-20(2,3)28-19(25)23-12-7-11-21(26,15-23)18-22-16-9-5-6-10-17(16)24(18)13-8-14-27-4/h5-6,9-10,26H,7-8,11-15H2,1-4H3. The Labute approximate surface area is 166 Å². The average Bonchev–Trinajstić information content (AvgIpc) is 3.00. The van der Waals surface area contributed by atoms with Gasteiger partial charge in [-0.05, 0) is 52.2 Å². The quantitative estimate of drug-likeness (QED) is 0.794. The van der Waals surface area contributed by atoms with Crippen molar-refractivity contribution in [3.8, 4) is 0 Å². The fraction of sp³-hybridized carbons (Fsp3) is 0.619. The number of carbonyl (C=O) groups excluding carboxylic acids is 1. The van der Waals surface area contributed by atoms with Crippen LogP contribution in [0.4, 0.5) is 4.79 Å². The summed E-state index contributed by atoms with van der Waals surface area (Å²) < 4.78 is 12.8. The number of benzene rings is 1. The molecule has 0 saturated carbocycles. The Morgan fingerprint density at radius 2 is 2.07 bits per heavy atom. The van der Waals surface area contributed by atoms with E-state index in [2.05, 4.69) is 4.57 Å². The highest BCUT2D eigenvalue weighted by atomic mass is 16.6. The van der Waals surface area contributed by atoms with Gasteiger partial charge in [-0.2, -0.15) is 0 Å². The van der Waals surface area contributed by atoms with Crippen molar-refractivity contribution in [3.63, 3.8) is 0 Å². The van der Waals surface area contributed by atoms with E-state index in [0.29, 0.717) is 38.4 Å². The average molecular weight is 389 g/mol. The van der Waals surface area contributed by atoms with E-state index in [0.717, 1.165) is 17.5 Å². The van der Waals surface area contributed by atoms with Crippen molar-refractivity contribution in [2.24, 2.45) is 0 Å². The van der Waals surface area contributed by atoms with Crippen LogP contribution in [-0.2, 0) is 21.6 Å². The van der Waals surface area contributed by atoms with Crippen molar-refractivity contribution in [2.45, 2.75) is 57.8 Å². The van der Waals surface area contributed by atoms with Gasteiger partial charge in [0.05, 0.1) is 17.6 Å². The zero-order valence-corrected chi connectivity index (χ0v) is 17.3. The maximum Gasteiger partial charge on any atom is 0.410 e. The number of amides is 1. The zero-order valence-electron chi connectivity index (χ0n) is 17.3. The van der Waals surface area contributed by atoms with Gasteiger partial charge in [0.15, 0.2) is 0 Å². The lowest BCUT2D eigenvalue weighted by molar-refractivity contribution is -0.0531. The molecule has 0 radical (unpaired) electrons. The number of aryl methyl sites for hydroxylation is 1. The van der Waals surface area contributed by atoms with E-state index in [1.807, 2.05) is 45.0 Å². The lowest BCUT2D eigenvalue weighted by Gasteiger charge is -2.39. The van der Waals surface area contributed by atoms with Gasteiger partial charge in [0.1, 0.15) is 17.0 Å². The van der Waals surface area contributed by atoms with Gasteiger partial charge in [0.25, 0.3) is 0 Å². The zero-order chi connectivity index (χ0) is 20.4. The maximum absolute atomic E-state index is 12.5. The third kappa shape index (κ3) is 4.47. The molecule has 1 aromatic carbocycles. The van der Waals surface area contributed by atoms with Crippen LogP contribution in [0.2, 0.25) is 0 Å². The van der Waals surface area contributed by atoms with Crippen LogP contribution in [0.15, 0.2) is 24.3 Å². The largest absolute Gasteiger partial charge is 0.444 e. The van der Waals surface area contributed by atoms with E-state index in [-0.39, 0.29) is 6.54 Å². The molecule has 1 fully saturated rings. The molecule has 0 spiro atoms. The summed E-state index contributed by atoms with van der Waals surface area (Å²) in [6, 6.07) is 7.87. The predicted octanol–water partition coefficient (Wildman–Crippen LogP) is 3.29. The molecule has 1 aliphatic rings. The number of aliphatic hydroxyl groups is 1. The number of imidazole rings is 1. The number of nitrogens with zero attached hydrogens (tertiary/aromatic N) is 3. The maximum atomic E-state index is 12.5. The Balaban J connectivity index is 1.91. The first-order valence-corrected chi connectivity index (χ1v) is 9.88. The Morgan fingerprint density at radius 3 is 2.79 bits per heavy atom. The van der Waals surface area contributed by atoms with Crippen molar-refractivity contribution in [2.75, 3.05) is 26.8 Å². The Hall–Kier alpha value is -2.12. The van der Waals surface area contributed by atoms with Gasteiger partial charge < -0.3 is 24.0 Å². The molecule has 1 aromatic heterocycles. The van der Waals surface area contributed by atoms with Crippen molar-refractivity contribution in [1.82, 2.24) is 14.5 Å². The van der Waals surface area contributed by atoms with Crippen molar-refractivity contribution in [3.05, 3.63) is 30.1 Å². The number of fused-ring (bicyclic) bond motifs is 1. The van der Waals surface area contributed by atoms with Gasteiger partial charge in [-0.15, -0.1) is 0 Å². The minimum absolute atomic E-state index is 0.176. The van der Waals surface area contributed by atoms with Gasteiger partial charge in [-0.3, -0.25) is 0 Å². The lowest BCUT2D eigenvalue weighted by atomic mass is 9.92. The molecular weight excluding hydrogens is 358 g/mol. The van der Waals surface area contributed by atoms with E-state index < -0.39 is 17.3 Å². The molecule has 0 bridgehead atoms. The molecule has 1 N–H and O–H groups in total. The molecule has 1 aliphatic heterocycles. The van der Waals surface area contributed by atoms with Crippen molar-refractivity contribution < 1.29 is 19.4 Å². The second-order valence-corrected chi connectivity index (χ2v) is 8.46. The number of rotatable bonds is 5. The molecule has 154 valence electrons. The number of β-amino-alcohol motifs (C(OH)–C–C–N with tert-alkyl or cyclic N) is 1. The fourth-order valence-electron chi connectivity index (χ4n) is 3.73. The molecule has 3 rings (SSSR count). The normalized spacial score (nSPS) is 20.5. The molecule has 2 aromatic rings. The molecule has 2 heterocycles. The molecule has 28 heavy (non-hydrogen) atoms. The monoisotopic (exact) mass is 389 g/mol. The van der Waals surface area contributed by atoms with Crippen LogP contribution >= 0.6 is 0 Å². The number of hydrogen-bond acceptors (Lipinski definition) is 5. The molecular formula is C21H31N3O4. The van der Waals surface area contributed by atoms with Gasteiger partial charge in [-0.1, -0.05) is 12.1 Å². The predicted molar refractivity (Wildman–Crippen MR) is 107 cm³/mol. The van der Waals surface area contributed by atoms with E-state index in [4.69, 9.17) is 14.5 Å². The SMILES string of the molecule is COCCCn1c(C2(O)CCCN(C(=O)OC(C)(C)C)C2)nc2ccccc21.